The number of nitrogens with zero attached hydrogens (tertiary/aromatic N) is 3. The summed E-state index contributed by atoms with van der Waals surface area (Å²) in [6, 6.07) is 7.01. The number of anilines is 1. The number of amides is 2. The van der Waals surface area contributed by atoms with Crippen molar-refractivity contribution in [3.8, 4) is 0 Å². The van der Waals surface area contributed by atoms with E-state index in [9.17, 15) is 9.59 Å². The number of hydrogen-bond acceptors (Lipinski definition) is 6. The molecule has 0 spiro atoms. The number of nitrogens with one attached hydrogen (secondary N) is 1. The summed E-state index contributed by atoms with van der Waals surface area (Å²) in [5.74, 6) is 0.0816. The highest BCUT2D eigenvalue weighted by Gasteiger charge is 2.13. The van der Waals surface area contributed by atoms with Crippen LogP contribution in [0.1, 0.15) is 29.2 Å². The molecule has 2 aromatic rings. The molecule has 2 amide bonds. The van der Waals surface area contributed by atoms with E-state index in [1.54, 1.807) is 29.2 Å². The van der Waals surface area contributed by atoms with Gasteiger partial charge in [0.05, 0.1) is 5.75 Å². The van der Waals surface area contributed by atoms with Crippen LogP contribution in [-0.4, -0.2) is 45.8 Å². The standard InChI is InChI=1S/C16H20N4O2S2/c1-4-20(5-2)15(22)12-7-6-8-13(9-12)17-14(21)10-23-16-19-18-11(3)24-16/h6-9H,4-5,10H2,1-3H3,(H,17,21). The summed E-state index contributed by atoms with van der Waals surface area (Å²) >= 11 is 2.81. The lowest BCUT2D eigenvalue weighted by molar-refractivity contribution is -0.113. The smallest absolute Gasteiger partial charge is 0.253 e. The molecule has 0 fully saturated rings. The molecule has 0 radical (unpaired) electrons. The van der Waals surface area contributed by atoms with E-state index in [-0.39, 0.29) is 17.6 Å². The number of rotatable bonds is 7. The predicted molar refractivity (Wildman–Crippen MR) is 97.7 cm³/mol. The Labute approximate surface area is 149 Å². The molecule has 128 valence electrons. The molecule has 24 heavy (non-hydrogen) atoms. The lowest BCUT2D eigenvalue weighted by Gasteiger charge is -2.19. The van der Waals surface area contributed by atoms with Crippen molar-refractivity contribution in [2.24, 2.45) is 0 Å². The van der Waals surface area contributed by atoms with Gasteiger partial charge in [-0.05, 0) is 39.0 Å². The third-order valence-corrected chi connectivity index (χ3v) is 5.25. The lowest BCUT2D eigenvalue weighted by Crippen LogP contribution is -2.30. The second-order valence-corrected chi connectivity index (χ2v) is 7.39. The highest BCUT2D eigenvalue weighted by atomic mass is 32.2. The van der Waals surface area contributed by atoms with Crippen LogP contribution in [0.15, 0.2) is 28.6 Å². The van der Waals surface area contributed by atoms with Gasteiger partial charge in [0, 0.05) is 24.3 Å². The van der Waals surface area contributed by atoms with Crippen molar-refractivity contribution in [3.63, 3.8) is 0 Å². The lowest BCUT2D eigenvalue weighted by atomic mass is 10.1. The summed E-state index contributed by atoms with van der Waals surface area (Å²) in [6.07, 6.45) is 0. The molecular weight excluding hydrogens is 344 g/mol. The molecule has 0 aliphatic rings. The number of carbonyl (C=O) groups is 2. The Hall–Kier alpha value is -1.93. The minimum Gasteiger partial charge on any atom is -0.339 e. The van der Waals surface area contributed by atoms with Crippen molar-refractivity contribution in [3.05, 3.63) is 34.8 Å². The molecule has 1 N–H and O–H groups in total. The average Bonchev–Trinajstić information content (AvgIpc) is 3.00. The maximum atomic E-state index is 12.4. The van der Waals surface area contributed by atoms with Crippen LogP contribution in [0, 0.1) is 6.92 Å². The van der Waals surface area contributed by atoms with Gasteiger partial charge in [0.15, 0.2) is 4.34 Å². The van der Waals surface area contributed by atoms with E-state index in [2.05, 4.69) is 15.5 Å². The zero-order valence-electron chi connectivity index (χ0n) is 13.9. The minimum atomic E-state index is -0.139. The first-order valence-electron chi connectivity index (χ1n) is 7.65. The Morgan fingerprint density at radius 3 is 2.62 bits per heavy atom. The van der Waals surface area contributed by atoms with Crippen molar-refractivity contribution in [1.29, 1.82) is 0 Å². The fraction of sp³-hybridized carbons (Fsp3) is 0.375. The number of thioether (sulfide) groups is 1. The molecule has 2 rings (SSSR count). The van der Waals surface area contributed by atoms with Gasteiger partial charge in [0.2, 0.25) is 5.91 Å². The van der Waals surface area contributed by atoms with Gasteiger partial charge in [-0.15, -0.1) is 10.2 Å². The molecule has 1 aromatic carbocycles. The topological polar surface area (TPSA) is 75.2 Å². The number of aromatic nitrogens is 2. The van der Waals surface area contributed by atoms with Crippen molar-refractivity contribution < 1.29 is 9.59 Å². The molecule has 1 aromatic heterocycles. The highest BCUT2D eigenvalue weighted by Crippen LogP contribution is 2.22. The largest absolute Gasteiger partial charge is 0.339 e. The third kappa shape index (κ3) is 5.04. The molecule has 0 saturated heterocycles. The summed E-state index contributed by atoms with van der Waals surface area (Å²) in [5.41, 5.74) is 1.19. The predicted octanol–water partition coefficient (Wildman–Crippen LogP) is 3.06. The molecule has 0 saturated carbocycles. The van der Waals surface area contributed by atoms with Crippen LogP contribution in [0.3, 0.4) is 0 Å². The Morgan fingerprint density at radius 1 is 1.25 bits per heavy atom. The molecule has 0 aliphatic heterocycles. The maximum absolute atomic E-state index is 12.4. The van der Waals surface area contributed by atoms with Gasteiger partial charge in [-0.2, -0.15) is 0 Å². The van der Waals surface area contributed by atoms with E-state index in [4.69, 9.17) is 0 Å². The van der Waals surface area contributed by atoms with Crippen molar-refractivity contribution in [2.75, 3.05) is 24.2 Å². The van der Waals surface area contributed by atoms with Crippen LogP contribution in [0.2, 0.25) is 0 Å². The second kappa shape index (κ2) is 8.79. The molecule has 1 heterocycles. The first-order valence-corrected chi connectivity index (χ1v) is 9.45. The van der Waals surface area contributed by atoms with Crippen LogP contribution in [0.5, 0.6) is 0 Å². The summed E-state index contributed by atoms with van der Waals surface area (Å²) in [4.78, 5) is 26.1. The first kappa shape index (κ1) is 18.4. The maximum Gasteiger partial charge on any atom is 0.253 e. The van der Waals surface area contributed by atoms with E-state index in [1.165, 1.54) is 23.1 Å². The fourth-order valence-corrected chi connectivity index (χ4v) is 3.70. The van der Waals surface area contributed by atoms with Crippen molar-refractivity contribution in [1.82, 2.24) is 15.1 Å². The molecule has 6 nitrogen and oxygen atoms in total. The average molecular weight is 364 g/mol. The Morgan fingerprint density at radius 2 is 2.00 bits per heavy atom. The first-order chi connectivity index (χ1) is 11.5. The minimum absolute atomic E-state index is 0.0326. The number of benzene rings is 1. The molecule has 0 aliphatic carbocycles. The highest BCUT2D eigenvalue weighted by molar-refractivity contribution is 8.01. The molecule has 0 unspecified atom stereocenters. The van der Waals surface area contributed by atoms with Crippen LogP contribution in [0.25, 0.3) is 0 Å². The Bertz CT molecular complexity index is 714. The van der Waals surface area contributed by atoms with Crippen molar-refractivity contribution >= 4 is 40.6 Å². The van der Waals surface area contributed by atoms with Crippen molar-refractivity contribution in [2.45, 2.75) is 25.1 Å². The quantitative estimate of drug-likeness (QED) is 0.764. The van der Waals surface area contributed by atoms with Crippen LogP contribution in [0.4, 0.5) is 5.69 Å². The Kier molecular flexibility index (Phi) is 6.74. The van der Waals surface area contributed by atoms with Gasteiger partial charge in [-0.3, -0.25) is 9.59 Å². The van der Waals surface area contributed by atoms with E-state index in [0.717, 1.165) is 9.35 Å². The van der Waals surface area contributed by atoms with Gasteiger partial charge in [-0.25, -0.2) is 0 Å². The van der Waals surface area contributed by atoms with E-state index in [1.807, 2.05) is 20.8 Å². The summed E-state index contributed by atoms with van der Waals surface area (Å²) in [7, 11) is 0. The van der Waals surface area contributed by atoms with Gasteiger partial charge in [0.1, 0.15) is 5.01 Å². The summed E-state index contributed by atoms with van der Waals surface area (Å²) < 4.78 is 0.771. The van der Waals surface area contributed by atoms with E-state index >= 15 is 0 Å². The SMILES string of the molecule is CCN(CC)C(=O)c1cccc(NC(=O)CSc2nnc(C)s2)c1. The Balaban J connectivity index is 1.95. The van der Waals surface area contributed by atoms with Crippen LogP contribution >= 0.6 is 23.1 Å². The van der Waals surface area contributed by atoms with E-state index in [0.29, 0.717) is 24.3 Å². The number of hydrogen-bond donors (Lipinski definition) is 1. The van der Waals surface area contributed by atoms with Gasteiger partial charge in [0.25, 0.3) is 5.91 Å². The molecule has 0 atom stereocenters. The van der Waals surface area contributed by atoms with Gasteiger partial charge in [-0.1, -0.05) is 29.2 Å². The van der Waals surface area contributed by atoms with Gasteiger partial charge >= 0.3 is 0 Å². The molecule has 0 bridgehead atoms. The number of aryl methyl sites for hydroxylation is 1. The zero-order chi connectivity index (χ0) is 17.5. The molecule has 8 heteroatoms. The zero-order valence-corrected chi connectivity index (χ0v) is 15.5. The number of carbonyl (C=O) groups excluding carboxylic acids is 2. The molecular formula is C16H20N4O2S2. The fourth-order valence-electron chi connectivity index (χ4n) is 2.08. The summed E-state index contributed by atoms with van der Waals surface area (Å²) in [6.45, 7) is 7.08. The van der Waals surface area contributed by atoms with Crippen LogP contribution in [-0.2, 0) is 4.79 Å². The third-order valence-electron chi connectivity index (χ3n) is 3.28. The van der Waals surface area contributed by atoms with E-state index < -0.39 is 0 Å². The monoisotopic (exact) mass is 364 g/mol. The van der Waals surface area contributed by atoms with Crippen LogP contribution < -0.4 is 5.32 Å². The second-order valence-electron chi connectivity index (χ2n) is 4.98. The normalized spacial score (nSPS) is 10.5. The summed E-state index contributed by atoms with van der Waals surface area (Å²) in [5, 5.41) is 11.6. The van der Waals surface area contributed by atoms with Gasteiger partial charge < -0.3 is 10.2 Å².